The lowest BCUT2D eigenvalue weighted by atomic mass is 10.2. The van der Waals surface area contributed by atoms with E-state index in [1.807, 2.05) is 16.8 Å². The number of aliphatic hydroxyl groups excluding tert-OH is 1. The number of fused-ring (bicyclic) bond motifs is 1. The first-order chi connectivity index (χ1) is 10.7. The van der Waals surface area contributed by atoms with E-state index in [4.69, 9.17) is 5.11 Å². The molecule has 116 valence electrons. The van der Waals surface area contributed by atoms with Gasteiger partial charge < -0.3 is 10.4 Å². The predicted octanol–water partition coefficient (Wildman–Crippen LogP) is 0.615. The second kappa shape index (κ2) is 6.67. The number of nitrogens with zero attached hydrogens (tertiary/aromatic N) is 4. The maximum absolute atomic E-state index is 11.9. The smallest absolute Gasteiger partial charge is 0.225 e. The summed E-state index contributed by atoms with van der Waals surface area (Å²) in [5.41, 5.74) is 2.51. The lowest BCUT2D eigenvalue weighted by Crippen LogP contribution is -2.35. The number of rotatable bonds is 5. The van der Waals surface area contributed by atoms with Crippen molar-refractivity contribution in [1.29, 1.82) is 0 Å². The summed E-state index contributed by atoms with van der Waals surface area (Å²) in [6.45, 7) is 3.08. The van der Waals surface area contributed by atoms with Crippen molar-refractivity contribution in [3.8, 4) is 0 Å². The normalized spacial score (nSPS) is 14.6. The summed E-state index contributed by atoms with van der Waals surface area (Å²) in [7, 11) is 0. The molecule has 0 saturated carbocycles. The monoisotopic (exact) mass is 301 g/mol. The van der Waals surface area contributed by atoms with E-state index in [1.165, 1.54) is 0 Å². The zero-order valence-electron chi connectivity index (χ0n) is 12.3. The second-order valence-corrected chi connectivity index (χ2v) is 5.32. The van der Waals surface area contributed by atoms with Crippen LogP contribution in [0.25, 0.3) is 0 Å². The molecule has 7 heteroatoms. The van der Waals surface area contributed by atoms with Crippen LogP contribution in [0.3, 0.4) is 0 Å². The van der Waals surface area contributed by atoms with Gasteiger partial charge in [-0.2, -0.15) is 5.10 Å². The molecule has 2 N–H and O–H groups in total. The molecule has 2 aromatic heterocycles. The molecule has 7 nitrogen and oxygen atoms in total. The molecule has 0 saturated heterocycles. The molecule has 0 radical (unpaired) electrons. The topological polar surface area (TPSA) is 83.3 Å². The van der Waals surface area contributed by atoms with Crippen molar-refractivity contribution in [3.63, 3.8) is 0 Å². The number of nitrogens with one attached hydrogen (secondary N) is 1. The molecular formula is C15H19N5O2. The van der Waals surface area contributed by atoms with Gasteiger partial charge in [0.1, 0.15) is 0 Å². The Morgan fingerprint density at radius 1 is 1.41 bits per heavy atom. The Kier molecular flexibility index (Phi) is 4.45. The van der Waals surface area contributed by atoms with Crippen molar-refractivity contribution in [2.45, 2.75) is 26.1 Å². The van der Waals surface area contributed by atoms with E-state index in [-0.39, 0.29) is 12.5 Å². The van der Waals surface area contributed by atoms with Gasteiger partial charge in [0.25, 0.3) is 0 Å². The molecule has 3 rings (SSSR count). The number of aliphatic hydroxyl groups is 1. The van der Waals surface area contributed by atoms with E-state index in [2.05, 4.69) is 20.3 Å². The first-order valence-corrected chi connectivity index (χ1v) is 7.33. The number of hydrogen-bond acceptors (Lipinski definition) is 5. The van der Waals surface area contributed by atoms with Crippen LogP contribution in [0.15, 0.2) is 30.6 Å². The van der Waals surface area contributed by atoms with Gasteiger partial charge >= 0.3 is 0 Å². The first-order valence-electron chi connectivity index (χ1n) is 7.33. The van der Waals surface area contributed by atoms with Crippen LogP contribution in [-0.2, 0) is 24.5 Å². The zero-order chi connectivity index (χ0) is 15.4. The number of anilines is 1. The molecule has 0 bridgehead atoms. The Morgan fingerprint density at radius 2 is 2.32 bits per heavy atom. The lowest BCUT2D eigenvalue weighted by molar-refractivity contribution is -0.116. The summed E-state index contributed by atoms with van der Waals surface area (Å²) in [6, 6.07) is 5.53. The highest BCUT2D eigenvalue weighted by atomic mass is 16.3. The van der Waals surface area contributed by atoms with Gasteiger partial charge in [-0.25, -0.2) is 0 Å². The number of aromatic nitrogens is 3. The van der Waals surface area contributed by atoms with E-state index in [1.54, 1.807) is 18.5 Å². The number of pyridine rings is 1. The van der Waals surface area contributed by atoms with Crippen molar-refractivity contribution in [1.82, 2.24) is 19.7 Å². The van der Waals surface area contributed by atoms with E-state index in [0.29, 0.717) is 18.7 Å². The van der Waals surface area contributed by atoms with Crippen LogP contribution in [-0.4, -0.2) is 43.8 Å². The van der Waals surface area contributed by atoms with Crippen LogP contribution in [0, 0.1) is 0 Å². The van der Waals surface area contributed by atoms with Crippen molar-refractivity contribution >= 4 is 11.6 Å². The van der Waals surface area contributed by atoms with Gasteiger partial charge in [0.2, 0.25) is 5.91 Å². The van der Waals surface area contributed by atoms with Crippen LogP contribution in [0.1, 0.15) is 17.8 Å². The third-order valence-corrected chi connectivity index (χ3v) is 3.69. The van der Waals surface area contributed by atoms with Gasteiger partial charge in [-0.05, 0) is 18.2 Å². The minimum absolute atomic E-state index is 0.0110. The van der Waals surface area contributed by atoms with Gasteiger partial charge in [0.15, 0.2) is 0 Å². The minimum atomic E-state index is -0.0342. The molecule has 1 aliphatic rings. The second-order valence-electron chi connectivity index (χ2n) is 5.32. The van der Waals surface area contributed by atoms with Gasteiger partial charge in [-0.15, -0.1) is 0 Å². The highest BCUT2D eigenvalue weighted by molar-refractivity contribution is 5.90. The number of carbonyl (C=O) groups excluding carboxylic acids is 1. The third-order valence-electron chi connectivity index (χ3n) is 3.69. The quantitative estimate of drug-likeness (QED) is 0.845. The largest absolute Gasteiger partial charge is 0.390 e. The SMILES string of the molecule is O=C(CCN1CCn2nc(CO)cc2C1)Nc1cccnc1. The van der Waals surface area contributed by atoms with Crippen molar-refractivity contribution in [3.05, 3.63) is 42.0 Å². The predicted molar refractivity (Wildman–Crippen MR) is 80.9 cm³/mol. The number of amides is 1. The first kappa shape index (κ1) is 14.7. The maximum atomic E-state index is 11.9. The fourth-order valence-electron chi connectivity index (χ4n) is 2.57. The molecule has 3 heterocycles. The minimum Gasteiger partial charge on any atom is -0.390 e. The molecule has 0 aliphatic carbocycles. The van der Waals surface area contributed by atoms with Crippen molar-refractivity contribution < 1.29 is 9.90 Å². The lowest BCUT2D eigenvalue weighted by Gasteiger charge is -2.27. The zero-order valence-corrected chi connectivity index (χ0v) is 12.3. The van der Waals surface area contributed by atoms with E-state index in [9.17, 15) is 4.79 Å². The van der Waals surface area contributed by atoms with Gasteiger partial charge in [0.05, 0.1) is 36.4 Å². The summed E-state index contributed by atoms with van der Waals surface area (Å²) >= 11 is 0. The summed E-state index contributed by atoms with van der Waals surface area (Å²) in [5, 5.41) is 16.3. The highest BCUT2D eigenvalue weighted by Crippen LogP contribution is 2.14. The van der Waals surface area contributed by atoms with Gasteiger partial charge in [0, 0.05) is 32.3 Å². The Balaban J connectivity index is 1.49. The van der Waals surface area contributed by atoms with Crippen molar-refractivity contribution in [2.24, 2.45) is 0 Å². The molecular weight excluding hydrogens is 282 g/mol. The van der Waals surface area contributed by atoms with Crippen LogP contribution >= 0.6 is 0 Å². The summed E-state index contributed by atoms with van der Waals surface area (Å²) in [4.78, 5) is 18.1. The number of hydrogen-bond donors (Lipinski definition) is 2. The molecule has 0 spiro atoms. The van der Waals surface area contributed by atoms with Crippen LogP contribution in [0.5, 0.6) is 0 Å². The standard InChI is InChI=1S/C15H19N5O2/c21-11-13-8-14-10-19(6-7-20(14)18-13)5-3-15(22)17-12-2-1-4-16-9-12/h1-2,4,8-9,21H,3,5-7,10-11H2,(H,17,22). The average molecular weight is 301 g/mol. The summed E-state index contributed by atoms with van der Waals surface area (Å²) in [6.07, 6.45) is 3.75. The average Bonchev–Trinajstić information content (AvgIpc) is 2.96. The molecule has 1 aliphatic heterocycles. The van der Waals surface area contributed by atoms with E-state index in [0.717, 1.165) is 31.0 Å². The molecule has 1 amide bonds. The maximum Gasteiger partial charge on any atom is 0.225 e. The molecule has 0 atom stereocenters. The van der Waals surface area contributed by atoms with E-state index < -0.39 is 0 Å². The van der Waals surface area contributed by atoms with Gasteiger partial charge in [-0.1, -0.05) is 0 Å². The number of carbonyl (C=O) groups is 1. The molecule has 22 heavy (non-hydrogen) atoms. The van der Waals surface area contributed by atoms with Crippen LogP contribution < -0.4 is 5.32 Å². The van der Waals surface area contributed by atoms with Gasteiger partial charge in [-0.3, -0.25) is 19.4 Å². The fraction of sp³-hybridized carbons (Fsp3) is 0.400. The highest BCUT2D eigenvalue weighted by Gasteiger charge is 2.18. The molecule has 0 aromatic carbocycles. The Bertz CT molecular complexity index is 641. The molecule has 2 aromatic rings. The summed E-state index contributed by atoms with van der Waals surface area (Å²) in [5.74, 6) is -0.0110. The summed E-state index contributed by atoms with van der Waals surface area (Å²) < 4.78 is 1.93. The molecule has 0 fully saturated rings. The van der Waals surface area contributed by atoms with Crippen LogP contribution in [0.4, 0.5) is 5.69 Å². The Morgan fingerprint density at radius 3 is 3.09 bits per heavy atom. The molecule has 0 unspecified atom stereocenters. The van der Waals surface area contributed by atoms with E-state index >= 15 is 0 Å². The van der Waals surface area contributed by atoms with Crippen molar-refractivity contribution in [2.75, 3.05) is 18.4 Å². The Labute approximate surface area is 128 Å². The fourth-order valence-corrected chi connectivity index (χ4v) is 2.57. The Hall–Kier alpha value is -2.25. The third kappa shape index (κ3) is 3.49. The van der Waals surface area contributed by atoms with Crippen LogP contribution in [0.2, 0.25) is 0 Å².